The highest BCUT2D eigenvalue weighted by Crippen LogP contribution is 2.63. The number of phenolic OH excluding ortho intramolecular Hbond substituents is 1. The minimum atomic E-state index is -0.615. The summed E-state index contributed by atoms with van der Waals surface area (Å²) < 4.78 is 6.37. The van der Waals surface area contributed by atoms with Gasteiger partial charge < -0.3 is 14.9 Å². The number of likely N-dealkylation sites (tertiary alicyclic amines) is 1. The van der Waals surface area contributed by atoms with Gasteiger partial charge in [0.25, 0.3) is 0 Å². The zero-order chi connectivity index (χ0) is 23.2. The predicted octanol–water partition coefficient (Wildman–Crippen LogP) is 5.88. The van der Waals surface area contributed by atoms with E-state index >= 15 is 0 Å². The molecule has 0 aromatic heterocycles. The summed E-state index contributed by atoms with van der Waals surface area (Å²) in [5.41, 5.74) is 2.60. The van der Waals surface area contributed by atoms with Gasteiger partial charge in [0.1, 0.15) is 12.2 Å². The van der Waals surface area contributed by atoms with Crippen LogP contribution in [0.4, 0.5) is 0 Å². The number of aliphatic hydroxyl groups excluding tert-OH is 1. The van der Waals surface area contributed by atoms with Crippen molar-refractivity contribution in [3.63, 3.8) is 0 Å². The predicted molar refractivity (Wildman–Crippen MR) is 133 cm³/mol. The van der Waals surface area contributed by atoms with Gasteiger partial charge in [0, 0.05) is 35.0 Å². The second-order valence-electron chi connectivity index (χ2n) is 11.2. The molecule has 2 heterocycles. The molecule has 1 aromatic rings. The summed E-state index contributed by atoms with van der Waals surface area (Å²) >= 11 is 0. The number of hydrogen-bond donors (Lipinski definition) is 2. The van der Waals surface area contributed by atoms with Gasteiger partial charge in [-0.2, -0.15) is 0 Å². The van der Waals surface area contributed by atoms with Crippen LogP contribution < -0.4 is 4.74 Å². The van der Waals surface area contributed by atoms with Gasteiger partial charge in [-0.05, 0) is 43.7 Å². The summed E-state index contributed by atoms with van der Waals surface area (Å²) in [6, 6.07) is 4.37. The SMILES string of the molecule is CCCCC(CCCC)(CCCC)N1CC[C@]23c4c5ccc(O)c4O[C@H]2[C@@H](O)C=C[C@H]3[C@H]1C5. The van der Waals surface area contributed by atoms with Crippen LogP contribution in [0.25, 0.3) is 0 Å². The molecule has 1 saturated heterocycles. The van der Waals surface area contributed by atoms with Crippen molar-refractivity contribution < 1.29 is 14.9 Å². The Labute approximate surface area is 200 Å². The molecule has 0 radical (unpaired) electrons. The third-order valence-electron chi connectivity index (χ3n) is 9.47. The van der Waals surface area contributed by atoms with E-state index in [0.29, 0.717) is 17.7 Å². The number of ether oxygens (including phenoxy) is 1. The van der Waals surface area contributed by atoms with E-state index in [1.54, 1.807) is 6.07 Å². The number of phenols is 1. The second-order valence-corrected chi connectivity index (χ2v) is 11.2. The fraction of sp³-hybridized carbons (Fsp3) is 0.724. The molecule has 2 N–H and O–H groups in total. The van der Waals surface area contributed by atoms with E-state index in [9.17, 15) is 10.2 Å². The van der Waals surface area contributed by atoms with E-state index < -0.39 is 6.10 Å². The topological polar surface area (TPSA) is 52.9 Å². The summed E-state index contributed by atoms with van der Waals surface area (Å²) in [6.07, 6.45) is 16.9. The number of hydrogen-bond acceptors (Lipinski definition) is 4. The molecule has 2 aliphatic carbocycles. The molecular weight excluding hydrogens is 410 g/mol. The van der Waals surface area contributed by atoms with Gasteiger partial charge in [0.2, 0.25) is 0 Å². The lowest BCUT2D eigenvalue weighted by molar-refractivity contribution is -0.0935. The molecule has 182 valence electrons. The van der Waals surface area contributed by atoms with Crippen molar-refractivity contribution in [2.45, 2.75) is 121 Å². The van der Waals surface area contributed by atoms with Gasteiger partial charge >= 0.3 is 0 Å². The first kappa shape index (κ1) is 23.2. The van der Waals surface area contributed by atoms with Crippen molar-refractivity contribution in [2.75, 3.05) is 6.54 Å². The average molecular weight is 454 g/mol. The quantitative estimate of drug-likeness (QED) is 0.435. The zero-order valence-corrected chi connectivity index (χ0v) is 20.9. The first-order valence-electron chi connectivity index (χ1n) is 13.7. The van der Waals surface area contributed by atoms with Crippen molar-refractivity contribution >= 4 is 0 Å². The number of unbranched alkanes of at least 4 members (excludes halogenated alkanes) is 3. The first-order valence-corrected chi connectivity index (χ1v) is 13.7. The number of benzene rings is 1. The summed E-state index contributed by atoms with van der Waals surface area (Å²) in [5, 5.41) is 21.6. The average Bonchev–Trinajstić information content (AvgIpc) is 3.17. The molecule has 2 bridgehead atoms. The molecule has 4 aliphatic rings. The minimum absolute atomic E-state index is 0.205. The molecule has 2 aliphatic heterocycles. The summed E-state index contributed by atoms with van der Waals surface area (Å²) in [4.78, 5) is 2.94. The Kier molecular flexibility index (Phi) is 6.28. The van der Waals surface area contributed by atoms with Crippen LogP contribution in [0.15, 0.2) is 24.3 Å². The van der Waals surface area contributed by atoms with Gasteiger partial charge in [-0.25, -0.2) is 0 Å². The van der Waals surface area contributed by atoms with Crippen molar-refractivity contribution in [3.8, 4) is 11.5 Å². The standard InChI is InChI=1S/C29H43NO3/c1-4-7-14-28(15-8-5-2,16-9-6-3)30-18-17-29-21-11-13-24(32)27(29)33-26-23(31)12-10-20(25(26)29)19-22(21)30/h10-13,21-22,24,27,31-32H,4-9,14-19H2,1-3H3/t21-,22+,24-,27-,29-/m0/s1. The van der Waals surface area contributed by atoms with Crippen molar-refractivity contribution in [3.05, 3.63) is 35.4 Å². The van der Waals surface area contributed by atoms with Crippen LogP contribution in [-0.2, 0) is 11.8 Å². The number of aliphatic hydroxyl groups is 1. The third-order valence-corrected chi connectivity index (χ3v) is 9.47. The second kappa shape index (κ2) is 8.92. The fourth-order valence-electron chi connectivity index (χ4n) is 7.97. The van der Waals surface area contributed by atoms with Crippen LogP contribution in [0.1, 0.15) is 96.1 Å². The lowest BCUT2D eigenvalue weighted by Gasteiger charge is -2.62. The highest BCUT2D eigenvalue weighted by atomic mass is 16.5. The largest absolute Gasteiger partial charge is 0.504 e. The minimum Gasteiger partial charge on any atom is -0.504 e. The van der Waals surface area contributed by atoms with Gasteiger partial charge in [0.15, 0.2) is 11.5 Å². The Balaban J connectivity index is 1.60. The Hall–Kier alpha value is -1.52. The molecule has 1 fully saturated rings. The normalized spacial score (nSPS) is 32.0. The summed E-state index contributed by atoms with van der Waals surface area (Å²) in [5.74, 6) is 1.21. The van der Waals surface area contributed by atoms with E-state index in [0.717, 1.165) is 19.4 Å². The van der Waals surface area contributed by atoms with Crippen LogP contribution >= 0.6 is 0 Å². The summed E-state index contributed by atoms with van der Waals surface area (Å²) in [6.45, 7) is 8.04. The number of rotatable bonds is 10. The van der Waals surface area contributed by atoms with E-state index in [-0.39, 0.29) is 22.8 Å². The van der Waals surface area contributed by atoms with Gasteiger partial charge in [-0.15, -0.1) is 0 Å². The third kappa shape index (κ3) is 3.38. The lowest BCUT2D eigenvalue weighted by Crippen LogP contribution is -2.69. The van der Waals surface area contributed by atoms with Crippen LogP contribution in [0, 0.1) is 5.92 Å². The van der Waals surface area contributed by atoms with Crippen LogP contribution in [0.2, 0.25) is 0 Å². The maximum Gasteiger partial charge on any atom is 0.165 e. The number of aromatic hydroxyl groups is 1. The van der Waals surface area contributed by atoms with Crippen LogP contribution in [-0.4, -0.2) is 45.4 Å². The Morgan fingerprint density at radius 3 is 2.33 bits per heavy atom. The summed E-state index contributed by atoms with van der Waals surface area (Å²) in [7, 11) is 0. The molecule has 5 atom stereocenters. The van der Waals surface area contributed by atoms with Crippen molar-refractivity contribution in [1.82, 2.24) is 4.90 Å². The van der Waals surface area contributed by atoms with E-state index in [2.05, 4.69) is 37.8 Å². The molecule has 0 saturated carbocycles. The first-order chi connectivity index (χ1) is 16.0. The maximum absolute atomic E-state index is 10.9. The molecule has 4 heteroatoms. The molecule has 33 heavy (non-hydrogen) atoms. The maximum atomic E-state index is 10.9. The molecular formula is C29H43NO3. The van der Waals surface area contributed by atoms with Gasteiger partial charge in [-0.1, -0.05) is 77.5 Å². The van der Waals surface area contributed by atoms with E-state index in [1.807, 2.05) is 6.08 Å². The van der Waals surface area contributed by atoms with Crippen molar-refractivity contribution in [2.24, 2.45) is 5.92 Å². The Morgan fingerprint density at radius 1 is 1.03 bits per heavy atom. The van der Waals surface area contributed by atoms with E-state index in [1.165, 1.54) is 68.9 Å². The molecule has 0 unspecified atom stereocenters. The Morgan fingerprint density at radius 2 is 1.70 bits per heavy atom. The van der Waals surface area contributed by atoms with Crippen molar-refractivity contribution in [1.29, 1.82) is 0 Å². The lowest BCUT2D eigenvalue weighted by atomic mass is 9.52. The Bertz CT molecular complexity index is 873. The molecule has 5 rings (SSSR count). The molecule has 1 aromatic carbocycles. The highest BCUT2D eigenvalue weighted by Gasteiger charge is 2.65. The highest BCUT2D eigenvalue weighted by molar-refractivity contribution is 5.61. The smallest absolute Gasteiger partial charge is 0.165 e. The molecule has 0 amide bonds. The van der Waals surface area contributed by atoms with E-state index in [4.69, 9.17) is 4.74 Å². The van der Waals surface area contributed by atoms with Gasteiger partial charge in [0.05, 0.1) is 0 Å². The van der Waals surface area contributed by atoms with Crippen LogP contribution in [0.3, 0.4) is 0 Å². The number of piperidine rings is 1. The zero-order valence-electron chi connectivity index (χ0n) is 20.9. The van der Waals surface area contributed by atoms with Crippen LogP contribution in [0.5, 0.6) is 11.5 Å². The molecule has 1 spiro atoms. The monoisotopic (exact) mass is 453 g/mol. The fourth-order valence-corrected chi connectivity index (χ4v) is 7.97. The van der Waals surface area contributed by atoms with Gasteiger partial charge in [-0.3, -0.25) is 4.90 Å². The molecule has 4 nitrogen and oxygen atoms in total. The number of nitrogens with zero attached hydrogens (tertiary/aromatic N) is 1.